The van der Waals surface area contributed by atoms with Crippen molar-refractivity contribution < 1.29 is 9.53 Å². The Morgan fingerprint density at radius 3 is 2.50 bits per heavy atom. The molecule has 1 atom stereocenters. The molecule has 0 amide bonds. The molecule has 0 aliphatic heterocycles. The summed E-state index contributed by atoms with van der Waals surface area (Å²) in [5, 5.41) is 0. The van der Waals surface area contributed by atoms with Crippen LogP contribution in [0.2, 0.25) is 0 Å². The number of hydrogen-bond donors (Lipinski definition) is 0. The first-order valence-corrected chi connectivity index (χ1v) is 5.50. The lowest BCUT2D eigenvalue weighted by Crippen LogP contribution is -2.26. The average Bonchev–Trinajstić information content (AvgIpc) is 2.28. The van der Waals surface area contributed by atoms with Gasteiger partial charge in [-0.15, -0.1) is 6.58 Å². The highest BCUT2D eigenvalue weighted by molar-refractivity contribution is 5.99. The summed E-state index contributed by atoms with van der Waals surface area (Å²) in [4.78, 5) is 12.1. The first kappa shape index (κ1) is 12.7. The Morgan fingerprint density at radius 1 is 1.38 bits per heavy atom. The molecular weight excluding hydrogens is 200 g/mol. The zero-order chi connectivity index (χ0) is 12.0. The third-order valence-corrected chi connectivity index (χ3v) is 2.17. The number of benzene rings is 1. The second-order valence-corrected chi connectivity index (χ2v) is 3.93. The fourth-order valence-corrected chi connectivity index (χ4v) is 1.49. The summed E-state index contributed by atoms with van der Waals surface area (Å²) in [7, 11) is 0. The van der Waals surface area contributed by atoms with Crippen LogP contribution < -0.4 is 0 Å². The fourth-order valence-electron chi connectivity index (χ4n) is 1.49. The number of ether oxygens (including phenoxy) is 1. The highest BCUT2D eigenvalue weighted by atomic mass is 16.5. The van der Waals surface area contributed by atoms with Gasteiger partial charge in [-0.05, 0) is 20.3 Å². The van der Waals surface area contributed by atoms with E-state index >= 15 is 0 Å². The quantitative estimate of drug-likeness (QED) is 0.541. The van der Waals surface area contributed by atoms with Crippen molar-refractivity contribution in [2.24, 2.45) is 0 Å². The van der Waals surface area contributed by atoms with Crippen LogP contribution in [0.15, 0.2) is 43.0 Å². The molecule has 0 saturated carbocycles. The van der Waals surface area contributed by atoms with Crippen LogP contribution in [0.3, 0.4) is 0 Å². The molecule has 0 spiro atoms. The summed E-state index contributed by atoms with van der Waals surface area (Å²) in [5.74, 6) is 0.0224. The van der Waals surface area contributed by atoms with Gasteiger partial charge in [-0.3, -0.25) is 4.79 Å². The van der Waals surface area contributed by atoms with E-state index in [-0.39, 0.29) is 11.9 Å². The molecule has 0 N–H and O–H groups in total. The number of carbonyl (C=O) groups excluding carboxylic acids is 1. The van der Waals surface area contributed by atoms with E-state index in [1.54, 1.807) is 6.08 Å². The first-order chi connectivity index (χ1) is 7.65. The summed E-state index contributed by atoms with van der Waals surface area (Å²) in [6, 6.07) is 9.22. The number of carbonyl (C=O) groups is 1. The molecular formula is C14H18O2. The van der Waals surface area contributed by atoms with Crippen molar-refractivity contribution >= 4 is 5.78 Å². The van der Waals surface area contributed by atoms with Crippen molar-refractivity contribution in [2.45, 2.75) is 32.5 Å². The maximum atomic E-state index is 12.1. The molecule has 2 heteroatoms. The smallest absolute Gasteiger partial charge is 0.191 e. The van der Waals surface area contributed by atoms with E-state index in [4.69, 9.17) is 4.74 Å². The van der Waals surface area contributed by atoms with E-state index in [0.29, 0.717) is 12.0 Å². The Hall–Kier alpha value is -1.41. The molecule has 0 bridgehead atoms. The molecule has 1 unspecified atom stereocenters. The van der Waals surface area contributed by atoms with E-state index in [9.17, 15) is 4.79 Å². The van der Waals surface area contributed by atoms with Gasteiger partial charge in [0.2, 0.25) is 0 Å². The minimum atomic E-state index is -0.417. The normalized spacial score (nSPS) is 12.4. The maximum Gasteiger partial charge on any atom is 0.191 e. The van der Waals surface area contributed by atoms with Gasteiger partial charge in [0, 0.05) is 5.56 Å². The Morgan fingerprint density at radius 2 is 2.00 bits per heavy atom. The van der Waals surface area contributed by atoms with Crippen LogP contribution in [0.1, 0.15) is 30.6 Å². The summed E-state index contributed by atoms with van der Waals surface area (Å²) < 4.78 is 5.59. The highest BCUT2D eigenvalue weighted by Gasteiger charge is 2.20. The lowest BCUT2D eigenvalue weighted by molar-refractivity contribution is 0.0137. The van der Waals surface area contributed by atoms with Crippen molar-refractivity contribution in [3.05, 3.63) is 48.6 Å². The van der Waals surface area contributed by atoms with Crippen LogP contribution in [-0.2, 0) is 4.74 Å². The topological polar surface area (TPSA) is 26.3 Å². The minimum Gasteiger partial charge on any atom is -0.367 e. The van der Waals surface area contributed by atoms with Gasteiger partial charge in [-0.1, -0.05) is 36.4 Å². The standard InChI is InChI=1S/C14H18O2/c1-4-8-13(16-11(2)3)14(15)12-9-6-5-7-10-12/h4-7,9-11,13H,1,8H2,2-3H3. The molecule has 0 aliphatic rings. The van der Waals surface area contributed by atoms with E-state index in [1.807, 2.05) is 44.2 Å². The SMILES string of the molecule is C=CCC(OC(C)C)C(=O)c1ccccc1. The van der Waals surface area contributed by atoms with Gasteiger partial charge >= 0.3 is 0 Å². The molecule has 16 heavy (non-hydrogen) atoms. The predicted molar refractivity (Wildman–Crippen MR) is 65.6 cm³/mol. The van der Waals surface area contributed by atoms with Gasteiger partial charge in [0.25, 0.3) is 0 Å². The number of hydrogen-bond acceptors (Lipinski definition) is 2. The number of rotatable bonds is 6. The van der Waals surface area contributed by atoms with Gasteiger partial charge in [0.05, 0.1) is 6.10 Å². The molecule has 1 aromatic rings. The van der Waals surface area contributed by atoms with Crippen LogP contribution in [0.4, 0.5) is 0 Å². The van der Waals surface area contributed by atoms with Gasteiger partial charge in [0.1, 0.15) is 6.10 Å². The third kappa shape index (κ3) is 3.63. The summed E-state index contributed by atoms with van der Waals surface area (Å²) in [6.07, 6.45) is 1.89. The molecule has 2 nitrogen and oxygen atoms in total. The molecule has 0 radical (unpaired) electrons. The van der Waals surface area contributed by atoms with Gasteiger partial charge in [-0.25, -0.2) is 0 Å². The minimum absolute atomic E-state index is 0.0224. The molecule has 0 fully saturated rings. The van der Waals surface area contributed by atoms with Crippen LogP contribution in [0.5, 0.6) is 0 Å². The Kier molecular flexibility index (Phi) is 4.93. The lowest BCUT2D eigenvalue weighted by atomic mass is 10.0. The van der Waals surface area contributed by atoms with Crippen LogP contribution in [-0.4, -0.2) is 18.0 Å². The Labute approximate surface area is 96.9 Å². The van der Waals surface area contributed by atoms with Crippen molar-refractivity contribution in [2.75, 3.05) is 0 Å². The molecule has 0 aromatic heterocycles. The first-order valence-electron chi connectivity index (χ1n) is 5.50. The van der Waals surface area contributed by atoms with Crippen LogP contribution >= 0.6 is 0 Å². The van der Waals surface area contributed by atoms with E-state index in [2.05, 4.69) is 6.58 Å². The van der Waals surface area contributed by atoms with E-state index in [0.717, 1.165) is 0 Å². The molecule has 1 rings (SSSR count). The van der Waals surface area contributed by atoms with Gasteiger partial charge in [-0.2, -0.15) is 0 Å². The zero-order valence-electron chi connectivity index (χ0n) is 9.85. The third-order valence-electron chi connectivity index (χ3n) is 2.17. The zero-order valence-corrected chi connectivity index (χ0v) is 9.85. The highest BCUT2D eigenvalue weighted by Crippen LogP contribution is 2.11. The molecule has 86 valence electrons. The second-order valence-electron chi connectivity index (χ2n) is 3.93. The van der Waals surface area contributed by atoms with Crippen molar-refractivity contribution in [1.82, 2.24) is 0 Å². The molecule has 0 heterocycles. The van der Waals surface area contributed by atoms with Crippen molar-refractivity contribution in [3.8, 4) is 0 Å². The summed E-state index contributed by atoms with van der Waals surface area (Å²) in [6.45, 7) is 7.50. The van der Waals surface area contributed by atoms with Crippen molar-refractivity contribution in [3.63, 3.8) is 0 Å². The van der Waals surface area contributed by atoms with Crippen LogP contribution in [0, 0.1) is 0 Å². The average molecular weight is 218 g/mol. The monoisotopic (exact) mass is 218 g/mol. The predicted octanol–water partition coefficient (Wildman–Crippen LogP) is 3.24. The lowest BCUT2D eigenvalue weighted by Gasteiger charge is -2.17. The molecule has 0 aliphatic carbocycles. The van der Waals surface area contributed by atoms with E-state index in [1.165, 1.54) is 0 Å². The number of ketones is 1. The molecule has 0 saturated heterocycles. The molecule has 1 aromatic carbocycles. The fraction of sp³-hybridized carbons (Fsp3) is 0.357. The van der Waals surface area contributed by atoms with Crippen LogP contribution in [0.25, 0.3) is 0 Å². The maximum absolute atomic E-state index is 12.1. The summed E-state index contributed by atoms with van der Waals surface area (Å²) in [5.41, 5.74) is 0.690. The van der Waals surface area contributed by atoms with Crippen molar-refractivity contribution in [1.29, 1.82) is 0 Å². The summed E-state index contributed by atoms with van der Waals surface area (Å²) >= 11 is 0. The van der Waals surface area contributed by atoms with Gasteiger partial charge in [0.15, 0.2) is 5.78 Å². The largest absolute Gasteiger partial charge is 0.367 e. The number of Topliss-reactive ketones (excluding diaryl/α,β-unsaturated/α-hetero) is 1. The second kappa shape index (κ2) is 6.23. The van der Waals surface area contributed by atoms with Gasteiger partial charge < -0.3 is 4.74 Å². The Balaban J connectivity index is 2.78. The van der Waals surface area contributed by atoms with E-state index < -0.39 is 6.10 Å². The Bertz CT molecular complexity index is 341.